The van der Waals surface area contributed by atoms with Crippen LogP contribution in [0.25, 0.3) is 10.6 Å². The van der Waals surface area contributed by atoms with Gasteiger partial charge in [-0.25, -0.2) is 4.98 Å². The molecule has 0 radical (unpaired) electrons. The molecule has 0 spiro atoms. The fourth-order valence-electron chi connectivity index (χ4n) is 1.19. The molecule has 14 heavy (non-hydrogen) atoms. The summed E-state index contributed by atoms with van der Waals surface area (Å²) in [5, 5.41) is 9.95. The van der Waals surface area contributed by atoms with Gasteiger partial charge in [0.25, 0.3) is 0 Å². The highest BCUT2D eigenvalue weighted by molar-refractivity contribution is 7.15. The zero-order chi connectivity index (χ0) is 9.97. The number of aryl methyl sites for hydroxylation is 1. The van der Waals surface area contributed by atoms with Gasteiger partial charge in [0.1, 0.15) is 5.01 Å². The summed E-state index contributed by atoms with van der Waals surface area (Å²) in [5.41, 5.74) is 1.81. The number of rotatable bonds is 2. The summed E-state index contributed by atoms with van der Waals surface area (Å²) in [4.78, 5) is 9.36. The van der Waals surface area contributed by atoms with Crippen LogP contribution >= 0.6 is 11.3 Å². The van der Waals surface area contributed by atoms with Crippen LogP contribution in [0.3, 0.4) is 0 Å². The molecule has 3 nitrogen and oxygen atoms in total. The lowest BCUT2D eigenvalue weighted by Crippen LogP contribution is -1.85. The number of nitrogens with zero attached hydrogens (tertiary/aromatic N) is 2. The van der Waals surface area contributed by atoms with Crippen LogP contribution in [0, 0.1) is 6.92 Å². The van der Waals surface area contributed by atoms with Crippen LogP contribution in [0.1, 0.15) is 10.6 Å². The SMILES string of the molecule is Cc1sc(-c2ccncc2)nc1CO. The van der Waals surface area contributed by atoms with Crippen molar-refractivity contribution in [2.24, 2.45) is 0 Å². The molecule has 2 heterocycles. The third-order valence-corrected chi connectivity index (χ3v) is 3.03. The Morgan fingerprint density at radius 2 is 2.07 bits per heavy atom. The minimum absolute atomic E-state index is 0.00736. The number of aromatic nitrogens is 2. The smallest absolute Gasteiger partial charge is 0.124 e. The number of hydrogen-bond acceptors (Lipinski definition) is 4. The molecule has 0 unspecified atom stereocenters. The second kappa shape index (κ2) is 3.86. The van der Waals surface area contributed by atoms with E-state index in [1.165, 1.54) is 0 Å². The molecule has 2 aromatic heterocycles. The molecular formula is C10H10N2OS. The molecule has 1 N–H and O–H groups in total. The van der Waals surface area contributed by atoms with Crippen molar-refractivity contribution in [3.05, 3.63) is 35.1 Å². The average molecular weight is 206 g/mol. The lowest BCUT2D eigenvalue weighted by atomic mass is 10.3. The van der Waals surface area contributed by atoms with E-state index in [1.54, 1.807) is 23.7 Å². The van der Waals surface area contributed by atoms with Crippen molar-refractivity contribution < 1.29 is 5.11 Å². The van der Waals surface area contributed by atoms with Crippen molar-refractivity contribution in [1.29, 1.82) is 0 Å². The van der Waals surface area contributed by atoms with Crippen molar-refractivity contribution in [2.75, 3.05) is 0 Å². The Bertz CT molecular complexity index is 425. The molecule has 0 aromatic carbocycles. The van der Waals surface area contributed by atoms with Crippen molar-refractivity contribution in [2.45, 2.75) is 13.5 Å². The summed E-state index contributed by atoms with van der Waals surface area (Å²) in [6.07, 6.45) is 3.48. The minimum atomic E-state index is 0.00736. The molecule has 0 atom stereocenters. The van der Waals surface area contributed by atoms with Gasteiger partial charge in [0.2, 0.25) is 0 Å². The van der Waals surface area contributed by atoms with Gasteiger partial charge >= 0.3 is 0 Å². The number of hydrogen-bond donors (Lipinski definition) is 1. The highest BCUT2D eigenvalue weighted by Crippen LogP contribution is 2.26. The molecular weight excluding hydrogens is 196 g/mol. The van der Waals surface area contributed by atoms with E-state index in [9.17, 15) is 0 Å². The van der Waals surface area contributed by atoms with Crippen LogP contribution in [0.15, 0.2) is 24.5 Å². The van der Waals surface area contributed by atoms with E-state index in [4.69, 9.17) is 5.11 Å². The summed E-state index contributed by atoms with van der Waals surface area (Å²) in [6, 6.07) is 3.83. The number of aliphatic hydroxyl groups is 1. The first kappa shape index (κ1) is 9.30. The van der Waals surface area contributed by atoms with E-state index in [0.29, 0.717) is 0 Å². The van der Waals surface area contributed by atoms with Gasteiger partial charge in [-0.05, 0) is 19.1 Å². The maximum Gasteiger partial charge on any atom is 0.124 e. The molecule has 0 aliphatic rings. The molecule has 0 fully saturated rings. The van der Waals surface area contributed by atoms with Gasteiger partial charge in [0.15, 0.2) is 0 Å². The lowest BCUT2D eigenvalue weighted by Gasteiger charge is -1.92. The molecule has 0 amide bonds. The topological polar surface area (TPSA) is 46.0 Å². The predicted molar refractivity (Wildman–Crippen MR) is 56.0 cm³/mol. The Hall–Kier alpha value is -1.26. The van der Waals surface area contributed by atoms with Gasteiger partial charge in [-0.1, -0.05) is 0 Å². The van der Waals surface area contributed by atoms with E-state index < -0.39 is 0 Å². The molecule has 0 saturated heterocycles. The molecule has 0 bridgehead atoms. The highest BCUT2D eigenvalue weighted by atomic mass is 32.1. The van der Waals surface area contributed by atoms with Crippen molar-refractivity contribution >= 4 is 11.3 Å². The van der Waals surface area contributed by atoms with Crippen LogP contribution in [0.2, 0.25) is 0 Å². The van der Waals surface area contributed by atoms with Crippen molar-refractivity contribution in [1.82, 2.24) is 9.97 Å². The first-order valence-corrected chi connectivity index (χ1v) is 5.10. The fraction of sp³-hybridized carbons (Fsp3) is 0.200. The zero-order valence-corrected chi connectivity index (χ0v) is 8.58. The zero-order valence-electron chi connectivity index (χ0n) is 7.77. The third-order valence-electron chi connectivity index (χ3n) is 1.97. The van der Waals surface area contributed by atoms with E-state index >= 15 is 0 Å². The summed E-state index contributed by atoms with van der Waals surface area (Å²) in [7, 11) is 0. The molecule has 2 aromatic rings. The van der Waals surface area contributed by atoms with E-state index in [0.717, 1.165) is 21.1 Å². The maximum absolute atomic E-state index is 9.01. The molecule has 0 aliphatic heterocycles. The minimum Gasteiger partial charge on any atom is -0.390 e. The Morgan fingerprint density at radius 1 is 1.36 bits per heavy atom. The first-order chi connectivity index (χ1) is 6.81. The summed E-state index contributed by atoms with van der Waals surface area (Å²) >= 11 is 1.59. The second-order valence-electron chi connectivity index (χ2n) is 2.92. The first-order valence-electron chi connectivity index (χ1n) is 4.29. The average Bonchev–Trinajstić information content (AvgIpc) is 2.61. The van der Waals surface area contributed by atoms with Gasteiger partial charge in [-0.15, -0.1) is 11.3 Å². The third kappa shape index (κ3) is 1.66. The van der Waals surface area contributed by atoms with Gasteiger partial charge in [-0.3, -0.25) is 4.98 Å². The largest absolute Gasteiger partial charge is 0.390 e. The van der Waals surface area contributed by atoms with E-state index in [-0.39, 0.29) is 6.61 Å². The van der Waals surface area contributed by atoms with Gasteiger partial charge < -0.3 is 5.11 Å². The van der Waals surface area contributed by atoms with Crippen LogP contribution < -0.4 is 0 Å². The number of thiazole rings is 1. The normalized spacial score (nSPS) is 10.4. The standard InChI is InChI=1S/C10H10N2OS/c1-7-9(6-13)12-10(14-7)8-2-4-11-5-3-8/h2-5,13H,6H2,1H3. The highest BCUT2D eigenvalue weighted by Gasteiger charge is 2.07. The van der Waals surface area contributed by atoms with Gasteiger partial charge in [0, 0.05) is 22.8 Å². The van der Waals surface area contributed by atoms with Gasteiger partial charge in [-0.2, -0.15) is 0 Å². The molecule has 4 heteroatoms. The Labute approximate surface area is 86.1 Å². The fourth-order valence-corrected chi connectivity index (χ4v) is 2.12. The van der Waals surface area contributed by atoms with Crippen molar-refractivity contribution in [3.63, 3.8) is 0 Å². The maximum atomic E-state index is 9.01. The van der Waals surface area contributed by atoms with Crippen LogP contribution in [0.5, 0.6) is 0 Å². The molecule has 0 aliphatic carbocycles. The molecule has 0 saturated carbocycles. The Balaban J connectivity index is 2.43. The van der Waals surface area contributed by atoms with E-state index in [1.807, 2.05) is 19.1 Å². The Kier molecular flexibility index (Phi) is 2.56. The Morgan fingerprint density at radius 3 is 2.64 bits per heavy atom. The summed E-state index contributed by atoms with van der Waals surface area (Å²) < 4.78 is 0. The van der Waals surface area contributed by atoms with Crippen LogP contribution in [-0.2, 0) is 6.61 Å². The molecule has 72 valence electrons. The van der Waals surface area contributed by atoms with Crippen LogP contribution in [0.4, 0.5) is 0 Å². The summed E-state index contributed by atoms with van der Waals surface area (Å²) in [5.74, 6) is 0. The summed E-state index contributed by atoms with van der Waals surface area (Å²) in [6.45, 7) is 1.97. The van der Waals surface area contributed by atoms with Crippen molar-refractivity contribution in [3.8, 4) is 10.6 Å². The molecule has 2 rings (SSSR count). The lowest BCUT2D eigenvalue weighted by molar-refractivity contribution is 0.277. The van der Waals surface area contributed by atoms with Crippen LogP contribution in [-0.4, -0.2) is 15.1 Å². The quantitative estimate of drug-likeness (QED) is 0.817. The van der Waals surface area contributed by atoms with E-state index in [2.05, 4.69) is 9.97 Å². The monoisotopic (exact) mass is 206 g/mol. The predicted octanol–water partition coefficient (Wildman–Crippen LogP) is 2.01. The van der Waals surface area contributed by atoms with Gasteiger partial charge in [0.05, 0.1) is 12.3 Å². The second-order valence-corrected chi connectivity index (χ2v) is 4.12. The number of pyridine rings is 1. The number of aliphatic hydroxyl groups excluding tert-OH is 1.